The van der Waals surface area contributed by atoms with E-state index in [1.807, 2.05) is 28.8 Å². The van der Waals surface area contributed by atoms with E-state index in [1.165, 1.54) is 0 Å². The maximum atomic E-state index is 10.1. The summed E-state index contributed by atoms with van der Waals surface area (Å²) in [7, 11) is 0. The number of aromatic nitrogens is 1. The van der Waals surface area contributed by atoms with Crippen LogP contribution in [0.4, 0.5) is 5.69 Å². The largest absolute Gasteiger partial charge is 0.493 e. The molecular weight excluding hydrogens is 214 g/mol. The summed E-state index contributed by atoms with van der Waals surface area (Å²) in [5.41, 5.74) is 8.47. The maximum Gasteiger partial charge on any atom is 0.220 e. The second-order valence-electron chi connectivity index (χ2n) is 4.16. The van der Waals surface area contributed by atoms with Gasteiger partial charge in [0.25, 0.3) is 0 Å². The second-order valence-corrected chi connectivity index (χ2v) is 4.16. The molecule has 0 spiro atoms. The predicted octanol–water partition coefficient (Wildman–Crippen LogP) is 4.20. The van der Waals surface area contributed by atoms with E-state index in [2.05, 4.69) is 12.0 Å². The van der Waals surface area contributed by atoms with Gasteiger partial charge in [-0.2, -0.15) is 5.11 Å². The minimum absolute atomic E-state index is 0.109. The van der Waals surface area contributed by atoms with Crippen LogP contribution in [-0.4, -0.2) is 9.67 Å². The van der Waals surface area contributed by atoms with Crippen LogP contribution in [0.5, 0.6) is 5.88 Å². The number of aromatic hydroxyl groups is 1. The van der Waals surface area contributed by atoms with Crippen molar-refractivity contribution >= 4 is 16.6 Å². The van der Waals surface area contributed by atoms with Crippen LogP contribution < -0.4 is 0 Å². The Morgan fingerprint density at radius 3 is 2.76 bits per heavy atom. The molecule has 0 amide bonds. The highest BCUT2D eigenvalue weighted by molar-refractivity contribution is 5.94. The topological polar surface area (TPSA) is 61.4 Å². The first-order chi connectivity index (χ1) is 8.29. The molecule has 2 rings (SSSR count). The molecule has 0 fully saturated rings. The molecule has 17 heavy (non-hydrogen) atoms. The third kappa shape index (κ3) is 2.02. The lowest BCUT2D eigenvalue weighted by Crippen LogP contribution is -1.96. The summed E-state index contributed by atoms with van der Waals surface area (Å²) in [5, 5.41) is 14.3. The number of para-hydroxylation sites is 1. The van der Waals surface area contributed by atoms with Crippen molar-refractivity contribution in [2.24, 2.45) is 5.11 Å². The van der Waals surface area contributed by atoms with Crippen LogP contribution in [0.3, 0.4) is 0 Å². The maximum absolute atomic E-state index is 10.1. The molecule has 0 saturated carbocycles. The Bertz CT molecular complexity index is 531. The summed E-state index contributed by atoms with van der Waals surface area (Å²) in [6, 6.07) is 7.67. The molecule has 0 bridgehead atoms. The number of aryl methyl sites for hydroxylation is 1. The molecule has 0 atom stereocenters. The molecule has 0 aliphatic heterocycles. The standard InChI is InChI=1S/C13H17N3O/c1-2-3-6-9-16-11-8-5-4-7-10(11)12(15-14)13(16)17/h4-5,7-8,14,17H,2-3,6,9H2,1H3. The lowest BCUT2D eigenvalue weighted by molar-refractivity contribution is 0.416. The summed E-state index contributed by atoms with van der Waals surface area (Å²) in [6.07, 6.45) is 3.31. The summed E-state index contributed by atoms with van der Waals surface area (Å²) in [5.74, 6) is 0.109. The van der Waals surface area contributed by atoms with Crippen LogP contribution >= 0.6 is 0 Å². The number of fused-ring (bicyclic) bond motifs is 1. The molecule has 0 radical (unpaired) electrons. The van der Waals surface area contributed by atoms with Gasteiger partial charge in [0.15, 0.2) is 5.69 Å². The van der Waals surface area contributed by atoms with Gasteiger partial charge in [-0.3, -0.25) is 0 Å². The van der Waals surface area contributed by atoms with Crippen LogP contribution in [0, 0.1) is 5.53 Å². The van der Waals surface area contributed by atoms with Gasteiger partial charge in [-0.25, -0.2) is 5.53 Å². The fraction of sp³-hybridized carbons (Fsp3) is 0.385. The van der Waals surface area contributed by atoms with Gasteiger partial charge in [-0.15, -0.1) is 0 Å². The van der Waals surface area contributed by atoms with E-state index in [-0.39, 0.29) is 5.88 Å². The lowest BCUT2D eigenvalue weighted by Gasteiger charge is -2.05. The Hall–Kier alpha value is -1.84. The highest BCUT2D eigenvalue weighted by atomic mass is 16.3. The van der Waals surface area contributed by atoms with Gasteiger partial charge >= 0.3 is 0 Å². The minimum Gasteiger partial charge on any atom is -0.493 e. The van der Waals surface area contributed by atoms with Gasteiger partial charge < -0.3 is 9.67 Å². The molecule has 2 N–H and O–H groups in total. The van der Waals surface area contributed by atoms with Gasteiger partial charge in [0.2, 0.25) is 5.88 Å². The average molecular weight is 231 g/mol. The normalized spacial score (nSPS) is 10.9. The first-order valence-electron chi connectivity index (χ1n) is 5.97. The van der Waals surface area contributed by atoms with Gasteiger partial charge in [-0.05, 0) is 12.5 Å². The molecule has 0 aliphatic rings. The molecule has 4 heteroatoms. The average Bonchev–Trinajstić information content (AvgIpc) is 2.62. The predicted molar refractivity (Wildman–Crippen MR) is 67.9 cm³/mol. The van der Waals surface area contributed by atoms with E-state index in [1.54, 1.807) is 0 Å². The SMILES string of the molecule is CCCCCn1c(O)c(N=N)c2ccccc21. The van der Waals surface area contributed by atoms with E-state index >= 15 is 0 Å². The van der Waals surface area contributed by atoms with Crippen molar-refractivity contribution in [2.75, 3.05) is 0 Å². The van der Waals surface area contributed by atoms with Crippen molar-refractivity contribution in [3.63, 3.8) is 0 Å². The summed E-state index contributed by atoms with van der Waals surface area (Å²) >= 11 is 0. The third-order valence-corrected chi connectivity index (χ3v) is 3.01. The molecule has 4 nitrogen and oxygen atoms in total. The Balaban J connectivity index is 2.46. The zero-order valence-electron chi connectivity index (χ0n) is 9.98. The van der Waals surface area contributed by atoms with Crippen molar-refractivity contribution in [1.29, 1.82) is 5.53 Å². The number of benzene rings is 1. The molecule has 2 aromatic rings. The quantitative estimate of drug-likeness (QED) is 0.588. The van der Waals surface area contributed by atoms with E-state index in [0.717, 1.165) is 36.7 Å². The first kappa shape index (κ1) is 11.6. The number of hydrogen-bond donors (Lipinski definition) is 2. The van der Waals surface area contributed by atoms with E-state index in [9.17, 15) is 5.11 Å². The van der Waals surface area contributed by atoms with Crippen molar-refractivity contribution < 1.29 is 5.11 Å². The molecule has 1 heterocycles. The monoisotopic (exact) mass is 231 g/mol. The Labute approximate surface area is 100 Å². The van der Waals surface area contributed by atoms with Gasteiger partial charge in [-0.1, -0.05) is 38.0 Å². The van der Waals surface area contributed by atoms with Crippen molar-refractivity contribution in [1.82, 2.24) is 4.57 Å². The molecule has 0 unspecified atom stereocenters. The number of nitrogens with zero attached hydrogens (tertiary/aromatic N) is 2. The first-order valence-corrected chi connectivity index (χ1v) is 5.97. The smallest absolute Gasteiger partial charge is 0.220 e. The third-order valence-electron chi connectivity index (χ3n) is 3.01. The van der Waals surface area contributed by atoms with E-state index in [0.29, 0.717) is 5.69 Å². The van der Waals surface area contributed by atoms with Crippen molar-refractivity contribution in [3.8, 4) is 5.88 Å². The Morgan fingerprint density at radius 1 is 1.29 bits per heavy atom. The van der Waals surface area contributed by atoms with Crippen molar-refractivity contribution in [3.05, 3.63) is 24.3 Å². The van der Waals surface area contributed by atoms with Crippen LogP contribution in [-0.2, 0) is 6.54 Å². The molecule has 1 aromatic carbocycles. The lowest BCUT2D eigenvalue weighted by atomic mass is 10.2. The summed E-state index contributed by atoms with van der Waals surface area (Å²) in [6.45, 7) is 2.92. The van der Waals surface area contributed by atoms with Gasteiger partial charge in [0.1, 0.15) is 0 Å². The minimum atomic E-state index is 0.109. The number of unbranched alkanes of at least 4 members (excludes halogenated alkanes) is 2. The van der Waals surface area contributed by atoms with E-state index < -0.39 is 0 Å². The van der Waals surface area contributed by atoms with Crippen LogP contribution in [0.1, 0.15) is 26.2 Å². The summed E-state index contributed by atoms with van der Waals surface area (Å²) < 4.78 is 1.85. The fourth-order valence-electron chi connectivity index (χ4n) is 2.13. The zero-order chi connectivity index (χ0) is 12.3. The van der Waals surface area contributed by atoms with Gasteiger partial charge in [0, 0.05) is 11.9 Å². The molecule has 1 aromatic heterocycles. The van der Waals surface area contributed by atoms with Gasteiger partial charge in [0.05, 0.1) is 5.52 Å². The Morgan fingerprint density at radius 2 is 2.06 bits per heavy atom. The number of hydrogen-bond acceptors (Lipinski definition) is 3. The highest BCUT2D eigenvalue weighted by Gasteiger charge is 2.15. The highest BCUT2D eigenvalue weighted by Crippen LogP contribution is 2.38. The number of nitrogens with one attached hydrogen (secondary N) is 1. The molecule has 0 saturated heterocycles. The van der Waals surface area contributed by atoms with Crippen molar-refractivity contribution in [2.45, 2.75) is 32.7 Å². The van der Waals surface area contributed by atoms with Crippen LogP contribution in [0.15, 0.2) is 29.4 Å². The zero-order valence-corrected chi connectivity index (χ0v) is 9.98. The van der Waals surface area contributed by atoms with E-state index in [4.69, 9.17) is 5.53 Å². The molecule has 90 valence electrons. The molecule has 0 aliphatic carbocycles. The second kappa shape index (κ2) is 4.99. The number of rotatable bonds is 5. The molecular formula is C13H17N3O. The fourth-order valence-corrected chi connectivity index (χ4v) is 2.13. The van der Waals surface area contributed by atoms with Crippen LogP contribution in [0.25, 0.3) is 10.9 Å². The van der Waals surface area contributed by atoms with Crippen LogP contribution in [0.2, 0.25) is 0 Å². The Kier molecular flexibility index (Phi) is 3.42. The summed E-state index contributed by atoms with van der Waals surface area (Å²) in [4.78, 5) is 0.